The van der Waals surface area contributed by atoms with Gasteiger partial charge in [0.1, 0.15) is 5.76 Å². The van der Waals surface area contributed by atoms with Gasteiger partial charge in [-0.3, -0.25) is 9.67 Å². The molecule has 1 unspecified atom stereocenters. The number of hydrogen-bond acceptors (Lipinski definition) is 5. The molecule has 0 aliphatic carbocycles. The van der Waals surface area contributed by atoms with Crippen molar-refractivity contribution in [2.24, 2.45) is 12.0 Å². The van der Waals surface area contributed by atoms with Crippen molar-refractivity contribution >= 4 is 29.9 Å². The summed E-state index contributed by atoms with van der Waals surface area (Å²) in [6.45, 7) is 7.49. The number of guanidine groups is 1. The molecule has 0 saturated heterocycles. The Morgan fingerprint density at radius 1 is 1.30 bits per heavy atom. The Kier molecular flexibility index (Phi) is 8.73. The summed E-state index contributed by atoms with van der Waals surface area (Å²) in [7, 11) is 7.78. The fourth-order valence-electron chi connectivity index (χ4n) is 2.52. The fourth-order valence-corrected chi connectivity index (χ4v) is 2.52. The van der Waals surface area contributed by atoms with E-state index in [1.165, 1.54) is 0 Å². The predicted octanol–water partition coefficient (Wildman–Crippen LogP) is 2.29. The van der Waals surface area contributed by atoms with Crippen LogP contribution in [0.4, 0.5) is 0 Å². The molecule has 0 radical (unpaired) electrons. The lowest BCUT2D eigenvalue weighted by Crippen LogP contribution is -2.41. The second kappa shape index (κ2) is 10.1. The summed E-state index contributed by atoms with van der Waals surface area (Å²) in [5, 5.41) is 10.9. The zero-order valence-electron chi connectivity index (χ0n) is 17.3. The van der Waals surface area contributed by atoms with Crippen LogP contribution >= 0.6 is 24.0 Å². The highest BCUT2D eigenvalue weighted by molar-refractivity contribution is 14.0. The van der Waals surface area contributed by atoms with Gasteiger partial charge in [-0.2, -0.15) is 5.10 Å². The summed E-state index contributed by atoms with van der Waals surface area (Å²) < 4.78 is 7.62. The molecule has 0 fully saturated rings. The van der Waals surface area contributed by atoms with Gasteiger partial charge < -0.3 is 20.0 Å². The molecule has 2 aromatic heterocycles. The summed E-state index contributed by atoms with van der Waals surface area (Å²) in [5.74, 6) is 2.23. The van der Waals surface area contributed by atoms with Crippen LogP contribution in [0, 0.1) is 0 Å². The first-order valence-corrected chi connectivity index (χ1v) is 8.75. The number of oxazole rings is 1. The molecule has 2 heterocycles. The number of aromatic nitrogens is 3. The highest BCUT2D eigenvalue weighted by Crippen LogP contribution is 2.22. The number of nitrogens with one attached hydrogen (secondary N) is 2. The van der Waals surface area contributed by atoms with Gasteiger partial charge in [0.2, 0.25) is 5.89 Å². The Morgan fingerprint density at radius 2 is 2.00 bits per heavy atom. The standard InChI is InChI=1S/C18H31N7O.HI/c1-18(2,3)15-10-20-16(26-15)11-22-17(19-4)21-9-14(24(5)6)13-8-23-25(7)12-13;/h8,10,12,14H,9,11H2,1-7H3,(H2,19,21,22);1H. The zero-order valence-corrected chi connectivity index (χ0v) is 19.6. The number of aryl methyl sites for hydroxylation is 1. The number of rotatable bonds is 6. The summed E-state index contributed by atoms with van der Waals surface area (Å²) in [4.78, 5) is 10.8. The Bertz CT molecular complexity index is 730. The number of halogens is 1. The van der Waals surface area contributed by atoms with Crippen LogP contribution in [0.5, 0.6) is 0 Å². The summed E-state index contributed by atoms with van der Waals surface area (Å²) >= 11 is 0. The van der Waals surface area contributed by atoms with E-state index in [1.54, 1.807) is 13.2 Å². The van der Waals surface area contributed by atoms with Gasteiger partial charge in [-0.05, 0) is 14.1 Å². The van der Waals surface area contributed by atoms with E-state index in [1.807, 2.05) is 24.1 Å². The molecular weight excluding hydrogens is 457 g/mol. The lowest BCUT2D eigenvalue weighted by molar-refractivity contribution is 0.298. The maximum Gasteiger partial charge on any atom is 0.213 e. The van der Waals surface area contributed by atoms with Crippen LogP contribution in [0.2, 0.25) is 0 Å². The van der Waals surface area contributed by atoms with Crippen molar-refractivity contribution in [3.63, 3.8) is 0 Å². The Morgan fingerprint density at radius 3 is 2.48 bits per heavy atom. The van der Waals surface area contributed by atoms with E-state index in [9.17, 15) is 0 Å². The average Bonchev–Trinajstić information content (AvgIpc) is 3.19. The number of likely N-dealkylation sites (N-methyl/N-ethyl adjacent to an activating group) is 1. The fraction of sp³-hybridized carbons (Fsp3) is 0.611. The smallest absolute Gasteiger partial charge is 0.213 e. The Hall–Kier alpha value is -1.62. The molecular formula is C18H32IN7O. The molecule has 1 atom stereocenters. The normalized spacial score (nSPS) is 13.4. The van der Waals surface area contributed by atoms with Gasteiger partial charge in [-0.15, -0.1) is 24.0 Å². The molecule has 0 aliphatic heterocycles. The van der Waals surface area contributed by atoms with Gasteiger partial charge in [-0.1, -0.05) is 20.8 Å². The van der Waals surface area contributed by atoms with Gasteiger partial charge in [0.15, 0.2) is 5.96 Å². The summed E-state index contributed by atoms with van der Waals surface area (Å²) in [6, 6.07) is 0.191. The third-order valence-corrected chi connectivity index (χ3v) is 4.12. The SMILES string of the molecule is CN=C(NCc1ncc(C(C)(C)C)o1)NCC(c1cnn(C)c1)N(C)C.I. The van der Waals surface area contributed by atoms with Crippen molar-refractivity contribution < 1.29 is 4.42 Å². The van der Waals surface area contributed by atoms with E-state index in [0.717, 1.165) is 11.3 Å². The minimum atomic E-state index is -0.0478. The molecule has 0 amide bonds. The van der Waals surface area contributed by atoms with Crippen molar-refractivity contribution in [2.75, 3.05) is 27.7 Å². The summed E-state index contributed by atoms with van der Waals surface area (Å²) in [5.41, 5.74) is 1.11. The van der Waals surface area contributed by atoms with E-state index in [2.05, 4.69) is 65.5 Å². The quantitative estimate of drug-likeness (QED) is 0.368. The van der Waals surface area contributed by atoms with Gasteiger partial charge in [0.05, 0.1) is 25.0 Å². The van der Waals surface area contributed by atoms with Crippen molar-refractivity contribution in [1.29, 1.82) is 0 Å². The van der Waals surface area contributed by atoms with Crippen LogP contribution in [-0.4, -0.2) is 53.3 Å². The number of nitrogens with zero attached hydrogens (tertiary/aromatic N) is 5. The van der Waals surface area contributed by atoms with E-state index < -0.39 is 0 Å². The molecule has 27 heavy (non-hydrogen) atoms. The molecule has 0 spiro atoms. The van der Waals surface area contributed by atoms with E-state index in [-0.39, 0.29) is 35.4 Å². The van der Waals surface area contributed by atoms with E-state index in [4.69, 9.17) is 4.42 Å². The molecule has 2 N–H and O–H groups in total. The minimum Gasteiger partial charge on any atom is -0.443 e. The lowest BCUT2D eigenvalue weighted by atomic mass is 9.94. The van der Waals surface area contributed by atoms with Crippen molar-refractivity contribution in [3.8, 4) is 0 Å². The highest BCUT2D eigenvalue weighted by atomic mass is 127. The van der Waals surface area contributed by atoms with Crippen LogP contribution in [0.15, 0.2) is 28.0 Å². The van der Waals surface area contributed by atoms with Gasteiger partial charge >= 0.3 is 0 Å². The first-order valence-electron chi connectivity index (χ1n) is 8.75. The lowest BCUT2D eigenvalue weighted by Gasteiger charge is -2.24. The van der Waals surface area contributed by atoms with Gasteiger partial charge in [-0.25, -0.2) is 4.98 Å². The highest BCUT2D eigenvalue weighted by Gasteiger charge is 2.19. The molecule has 9 heteroatoms. The molecule has 152 valence electrons. The predicted molar refractivity (Wildman–Crippen MR) is 118 cm³/mol. The second-order valence-corrected chi connectivity index (χ2v) is 7.60. The molecule has 0 saturated carbocycles. The third kappa shape index (κ3) is 6.80. The zero-order chi connectivity index (χ0) is 19.3. The second-order valence-electron chi connectivity index (χ2n) is 7.60. The van der Waals surface area contributed by atoms with Crippen molar-refractivity contribution in [1.82, 2.24) is 30.3 Å². The maximum absolute atomic E-state index is 5.80. The molecule has 2 aromatic rings. The molecule has 8 nitrogen and oxygen atoms in total. The van der Waals surface area contributed by atoms with Crippen molar-refractivity contribution in [3.05, 3.63) is 35.8 Å². The minimum absolute atomic E-state index is 0. The molecule has 0 aromatic carbocycles. The van der Waals surface area contributed by atoms with Crippen LogP contribution in [0.25, 0.3) is 0 Å². The Balaban J connectivity index is 0.00000364. The van der Waals surface area contributed by atoms with Crippen LogP contribution in [0.3, 0.4) is 0 Å². The third-order valence-electron chi connectivity index (χ3n) is 4.12. The van der Waals surface area contributed by atoms with Gasteiger partial charge in [0.25, 0.3) is 0 Å². The Labute approximate surface area is 178 Å². The number of hydrogen-bond donors (Lipinski definition) is 2. The van der Waals surface area contributed by atoms with E-state index in [0.29, 0.717) is 24.9 Å². The average molecular weight is 489 g/mol. The molecule has 2 rings (SSSR count). The van der Waals surface area contributed by atoms with Crippen molar-refractivity contribution in [2.45, 2.75) is 38.8 Å². The largest absolute Gasteiger partial charge is 0.443 e. The maximum atomic E-state index is 5.80. The van der Waals surface area contributed by atoms with Gasteiger partial charge in [0, 0.05) is 37.8 Å². The van der Waals surface area contributed by atoms with Crippen LogP contribution < -0.4 is 10.6 Å². The monoisotopic (exact) mass is 489 g/mol. The first kappa shape index (κ1) is 23.4. The summed E-state index contributed by atoms with van der Waals surface area (Å²) in [6.07, 6.45) is 5.71. The number of aliphatic imine (C=N–C) groups is 1. The molecule has 0 aliphatic rings. The first-order chi connectivity index (χ1) is 12.2. The van der Waals surface area contributed by atoms with E-state index >= 15 is 0 Å². The van der Waals surface area contributed by atoms with Crippen LogP contribution in [0.1, 0.15) is 44.0 Å². The molecule has 0 bridgehead atoms. The topological polar surface area (TPSA) is 83.5 Å². The van der Waals surface area contributed by atoms with Crippen LogP contribution in [-0.2, 0) is 19.0 Å².